The Hall–Kier alpha value is -0.120. The maximum Gasteiger partial charge on any atom is 0.0195 e. The van der Waals surface area contributed by atoms with Gasteiger partial charge in [-0.15, -0.1) is 0 Å². The van der Waals surface area contributed by atoms with Gasteiger partial charge in [0.25, 0.3) is 0 Å². The number of piperidine rings is 1. The van der Waals surface area contributed by atoms with Gasteiger partial charge in [-0.1, -0.05) is 0 Å². The lowest BCUT2D eigenvalue weighted by atomic mass is 9.92. The molecule has 0 radical (unpaired) electrons. The summed E-state index contributed by atoms with van der Waals surface area (Å²) in [6.45, 7) is 8.12. The van der Waals surface area contributed by atoms with E-state index in [1.807, 2.05) is 0 Å². The van der Waals surface area contributed by atoms with E-state index in [0.717, 1.165) is 23.9 Å². The van der Waals surface area contributed by atoms with E-state index in [-0.39, 0.29) is 0 Å². The van der Waals surface area contributed by atoms with Crippen LogP contribution >= 0.6 is 0 Å². The lowest BCUT2D eigenvalue weighted by Gasteiger charge is -2.40. The van der Waals surface area contributed by atoms with E-state index in [1.54, 1.807) is 0 Å². The molecular formula is C16H29N3. The van der Waals surface area contributed by atoms with Crippen molar-refractivity contribution in [1.82, 2.24) is 15.1 Å². The molecule has 3 aliphatic heterocycles. The maximum absolute atomic E-state index is 3.71. The molecule has 19 heavy (non-hydrogen) atoms. The van der Waals surface area contributed by atoms with Gasteiger partial charge in [-0.2, -0.15) is 0 Å². The highest BCUT2D eigenvalue weighted by molar-refractivity contribution is 4.95. The molecule has 3 heterocycles. The number of fused-ring (bicyclic) bond motifs is 2. The molecule has 4 rings (SSSR count). The second-order valence-electron chi connectivity index (χ2n) is 7.40. The van der Waals surface area contributed by atoms with Crippen LogP contribution in [0.5, 0.6) is 0 Å². The van der Waals surface area contributed by atoms with Crippen molar-refractivity contribution in [2.24, 2.45) is 11.8 Å². The fourth-order valence-electron chi connectivity index (χ4n) is 4.58. The van der Waals surface area contributed by atoms with Gasteiger partial charge >= 0.3 is 0 Å². The smallest absolute Gasteiger partial charge is 0.0195 e. The molecule has 4 unspecified atom stereocenters. The van der Waals surface area contributed by atoms with Crippen molar-refractivity contribution < 1.29 is 0 Å². The lowest BCUT2D eigenvalue weighted by molar-refractivity contribution is 0.0879. The van der Waals surface area contributed by atoms with Crippen LogP contribution < -0.4 is 5.32 Å². The van der Waals surface area contributed by atoms with E-state index in [2.05, 4.69) is 15.1 Å². The molecule has 2 bridgehead atoms. The predicted octanol–water partition coefficient (Wildman–Crippen LogP) is 1.54. The van der Waals surface area contributed by atoms with Crippen molar-refractivity contribution >= 4 is 0 Å². The van der Waals surface area contributed by atoms with Crippen molar-refractivity contribution in [3.8, 4) is 0 Å². The van der Waals surface area contributed by atoms with E-state index in [9.17, 15) is 0 Å². The summed E-state index contributed by atoms with van der Waals surface area (Å²) >= 11 is 0. The van der Waals surface area contributed by atoms with Gasteiger partial charge in [0.2, 0.25) is 0 Å². The Morgan fingerprint density at radius 2 is 1.89 bits per heavy atom. The topological polar surface area (TPSA) is 18.5 Å². The quantitative estimate of drug-likeness (QED) is 0.812. The van der Waals surface area contributed by atoms with E-state index < -0.39 is 0 Å². The first-order chi connectivity index (χ1) is 9.38. The molecule has 0 spiro atoms. The number of rotatable bonds is 5. The average molecular weight is 263 g/mol. The normalized spacial score (nSPS) is 42.2. The van der Waals surface area contributed by atoms with Crippen LogP contribution in [0.1, 0.15) is 38.5 Å². The van der Waals surface area contributed by atoms with Gasteiger partial charge in [0, 0.05) is 31.7 Å². The first-order valence-electron chi connectivity index (χ1n) is 8.58. The molecule has 3 saturated heterocycles. The summed E-state index contributed by atoms with van der Waals surface area (Å²) in [6, 6.07) is 1.69. The van der Waals surface area contributed by atoms with Crippen LogP contribution in [0.2, 0.25) is 0 Å². The minimum absolute atomic E-state index is 0.790. The largest absolute Gasteiger partial charge is 0.313 e. The highest BCUT2D eigenvalue weighted by Crippen LogP contribution is 2.35. The second kappa shape index (κ2) is 5.34. The molecule has 1 aliphatic carbocycles. The predicted molar refractivity (Wildman–Crippen MR) is 78.3 cm³/mol. The Morgan fingerprint density at radius 3 is 2.68 bits per heavy atom. The SMILES string of the molecule is C1CNC(CN(CC2CC2)C2CCN3CCC2C3)C1. The lowest BCUT2D eigenvalue weighted by Crippen LogP contribution is -2.50. The molecule has 4 aliphatic rings. The van der Waals surface area contributed by atoms with Gasteiger partial charge < -0.3 is 10.2 Å². The van der Waals surface area contributed by atoms with E-state index in [0.29, 0.717) is 0 Å². The Bertz CT molecular complexity index is 309. The van der Waals surface area contributed by atoms with Crippen molar-refractivity contribution in [3.63, 3.8) is 0 Å². The van der Waals surface area contributed by atoms with Gasteiger partial charge in [0.1, 0.15) is 0 Å². The van der Waals surface area contributed by atoms with Crippen molar-refractivity contribution in [3.05, 3.63) is 0 Å². The van der Waals surface area contributed by atoms with Crippen LogP contribution in [0, 0.1) is 11.8 Å². The van der Waals surface area contributed by atoms with E-state index >= 15 is 0 Å². The van der Waals surface area contributed by atoms with Crippen LogP contribution in [0.3, 0.4) is 0 Å². The zero-order chi connectivity index (χ0) is 12.7. The molecule has 4 fully saturated rings. The minimum Gasteiger partial charge on any atom is -0.313 e. The molecule has 0 aromatic carbocycles. The molecule has 3 heteroatoms. The maximum atomic E-state index is 3.71. The van der Waals surface area contributed by atoms with Gasteiger partial charge in [0.05, 0.1) is 0 Å². The minimum atomic E-state index is 0.790. The first kappa shape index (κ1) is 12.6. The van der Waals surface area contributed by atoms with Gasteiger partial charge in [-0.3, -0.25) is 4.90 Å². The highest BCUT2D eigenvalue weighted by Gasteiger charge is 2.39. The molecule has 0 amide bonds. The summed E-state index contributed by atoms with van der Waals surface area (Å²) in [5, 5.41) is 3.71. The monoisotopic (exact) mass is 263 g/mol. The molecular weight excluding hydrogens is 234 g/mol. The summed E-state index contributed by atoms with van der Waals surface area (Å²) in [6.07, 6.45) is 8.69. The molecule has 1 N–H and O–H groups in total. The van der Waals surface area contributed by atoms with Crippen LogP contribution in [-0.4, -0.2) is 61.2 Å². The third kappa shape index (κ3) is 2.84. The summed E-state index contributed by atoms with van der Waals surface area (Å²) < 4.78 is 0. The summed E-state index contributed by atoms with van der Waals surface area (Å²) in [5.74, 6) is 2.02. The number of hydrogen-bond acceptors (Lipinski definition) is 3. The molecule has 0 aromatic rings. The molecule has 4 atom stereocenters. The molecule has 108 valence electrons. The van der Waals surface area contributed by atoms with Crippen LogP contribution in [-0.2, 0) is 0 Å². The number of nitrogens with one attached hydrogen (secondary N) is 1. The fourth-order valence-corrected chi connectivity index (χ4v) is 4.58. The number of hydrogen-bond donors (Lipinski definition) is 1. The Balaban J connectivity index is 1.41. The van der Waals surface area contributed by atoms with Crippen LogP contribution in [0.4, 0.5) is 0 Å². The molecule has 3 nitrogen and oxygen atoms in total. The third-order valence-corrected chi connectivity index (χ3v) is 5.87. The molecule has 1 saturated carbocycles. The summed E-state index contributed by atoms with van der Waals surface area (Å²) in [4.78, 5) is 5.60. The molecule has 0 aromatic heterocycles. The van der Waals surface area contributed by atoms with Gasteiger partial charge in [-0.25, -0.2) is 0 Å². The van der Waals surface area contributed by atoms with Crippen LogP contribution in [0.15, 0.2) is 0 Å². The van der Waals surface area contributed by atoms with Crippen LogP contribution in [0.25, 0.3) is 0 Å². The first-order valence-corrected chi connectivity index (χ1v) is 8.58. The van der Waals surface area contributed by atoms with Gasteiger partial charge in [-0.05, 0) is 70.0 Å². The summed E-state index contributed by atoms with van der Waals surface area (Å²) in [5.41, 5.74) is 0. The Labute approximate surface area is 117 Å². The average Bonchev–Trinajstić information content (AvgIpc) is 2.95. The van der Waals surface area contributed by atoms with Crippen molar-refractivity contribution in [1.29, 1.82) is 0 Å². The third-order valence-electron chi connectivity index (χ3n) is 5.87. The standard InChI is InChI=1S/C16H29N3/c1-2-15(17-7-1)12-19(10-13-3-4-13)16-6-9-18-8-5-14(16)11-18/h13-17H,1-12H2. The van der Waals surface area contributed by atoms with Gasteiger partial charge in [0.15, 0.2) is 0 Å². The van der Waals surface area contributed by atoms with Crippen molar-refractivity contribution in [2.75, 3.05) is 39.3 Å². The zero-order valence-corrected chi connectivity index (χ0v) is 12.2. The Morgan fingerprint density at radius 1 is 1.00 bits per heavy atom. The Kier molecular flexibility index (Phi) is 3.55. The highest BCUT2D eigenvalue weighted by atomic mass is 15.2. The number of nitrogens with zero attached hydrogens (tertiary/aromatic N) is 2. The fraction of sp³-hybridized carbons (Fsp3) is 1.00. The summed E-state index contributed by atoms with van der Waals surface area (Å²) in [7, 11) is 0. The van der Waals surface area contributed by atoms with E-state index in [4.69, 9.17) is 0 Å². The van der Waals surface area contributed by atoms with E-state index in [1.165, 1.54) is 77.8 Å². The zero-order valence-electron chi connectivity index (χ0n) is 12.2. The van der Waals surface area contributed by atoms with Crippen molar-refractivity contribution in [2.45, 2.75) is 50.6 Å². The second-order valence-corrected chi connectivity index (χ2v) is 7.40.